The summed E-state index contributed by atoms with van der Waals surface area (Å²) in [5.41, 5.74) is 0.355. The highest BCUT2D eigenvalue weighted by molar-refractivity contribution is 5.75. The highest BCUT2D eigenvalue weighted by Gasteiger charge is 2.23. The molecule has 0 saturated carbocycles. The fraction of sp³-hybridized carbons (Fsp3) is 0.467. The number of imidazole rings is 1. The maximum atomic E-state index is 12.3. The third-order valence-electron chi connectivity index (χ3n) is 3.74. The lowest BCUT2D eigenvalue weighted by Crippen LogP contribution is -2.32. The molecule has 1 N–H and O–H groups in total. The van der Waals surface area contributed by atoms with E-state index < -0.39 is 0 Å². The van der Waals surface area contributed by atoms with Crippen LogP contribution in [0.1, 0.15) is 26.2 Å². The van der Waals surface area contributed by atoms with Crippen molar-refractivity contribution in [1.29, 1.82) is 0 Å². The van der Waals surface area contributed by atoms with Gasteiger partial charge in [-0.05, 0) is 26.2 Å². The van der Waals surface area contributed by atoms with Crippen molar-refractivity contribution in [2.75, 3.05) is 18.0 Å². The lowest BCUT2D eigenvalue weighted by atomic mass is 10.1. The minimum absolute atomic E-state index is 0.0334. The Hall–Kier alpha value is -2.80. The highest BCUT2D eigenvalue weighted by Crippen LogP contribution is 2.23. The van der Waals surface area contributed by atoms with Crippen LogP contribution in [0.15, 0.2) is 4.79 Å². The van der Waals surface area contributed by atoms with E-state index in [0.29, 0.717) is 17.7 Å². The Morgan fingerprint density at radius 3 is 2.77 bits per heavy atom. The maximum Gasteiger partial charge on any atom is 0.341 e. The van der Waals surface area contributed by atoms with Crippen molar-refractivity contribution in [3.63, 3.8) is 0 Å². The van der Waals surface area contributed by atoms with E-state index in [9.17, 15) is 4.79 Å². The van der Waals surface area contributed by atoms with Gasteiger partial charge >= 0.3 is 11.5 Å². The third kappa shape index (κ3) is 2.42. The minimum Gasteiger partial charge on any atom is -0.397 e. The summed E-state index contributed by atoms with van der Waals surface area (Å²) in [6, 6.07) is 0. The molecule has 1 aliphatic rings. The molecule has 22 heavy (non-hydrogen) atoms. The van der Waals surface area contributed by atoms with E-state index in [1.54, 1.807) is 11.5 Å². The third-order valence-corrected chi connectivity index (χ3v) is 3.74. The van der Waals surface area contributed by atoms with Crippen molar-refractivity contribution >= 4 is 23.1 Å². The fourth-order valence-corrected chi connectivity index (χ4v) is 2.72. The summed E-state index contributed by atoms with van der Waals surface area (Å²) < 4.78 is 1.80. The minimum atomic E-state index is -0.343. The highest BCUT2D eigenvalue weighted by atomic mass is 16.1. The predicted molar refractivity (Wildman–Crippen MR) is 83.9 cm³/mol. The van der Waals surface area contributed by atoms with Gasteiger partial charge < -0.3 is 9.74 Å². The summed E-state index contributed by atoms with van der Waals surface area (Å²) in [5.74, 6) is 6.51. The number of nitrogens with one attached hydrogen (secondary N) is 1. The number of piperidine rings is 1. The van der Waals surface area contributed by atoms with Crippen LogP contribution in [0.4, 0.5) is 11.9 Å². The zero-order chi connectivity index (χ0) is 15.5. The Labute approximate surface area is 127 Å². The normalized spacial score (nSPS) is 14.5. The molecule has 1 fully saturated rings. The van der Waals surface area contributed by atoms with E-state index in [4.69, 9.17) is 6.57 Å². The average molecular weight is 296 g/mol. The number of fused-ring (bicyclic) bond motifs is 1. The number of rotatable bonds is 2. The van der Waals surface area contributed by atoms with Gasteiger partial charge in [0.05, 0.1) is 6.54 Å². The second-order valence-electron chi connectivity index (χ2n) is 5.15. The van der Waals surface area contributed by atoms with Crippen LogP contribution in [0.5, 0.6) is 0 Å². The molecular formula is C15H16N6O. The monoisotopic (exact) mass is 296 g/mol. The van der Waals surface area contributed by atoms with Gasteiger partial charge in [0, 0.05) is 13.1 Å². The number of nitrogens with zero attached hydrogens (tertiary/aromatic N) is 5. The van der Waals surface area contributed by atoms with Gasteiger partial charge in [0.15, 0.2) is 5.52 Å². The number of H-pyrrole nitrogens is 1. The maximum absolute atomic E-state index is 12.3. The van der Waals surface area contributed by atoms with Gasteiger partial charge in [-0.25, -0.2) is 0 Å². The largest absolute Gasteiger partial charge is 0.397 e. The van der Waals surface area contributed by atoms with Crippen molar-refractivity contribution < 1.29 is 0 Å². The number of hydrogen-bond acceptors (Lipinski definition) is 4. The molecule has 0 aromatic carbocycles. The SMILES string of the molecule is [C-]#[N+]c1nc2nc(N3CCCCC3)n(CC#CC)c2c(=O)[nH]1. The van der Waals surface area contributed by atoms with Crippen LogP contribution in [0, 0.1) is 18.4 Å². The lowest BCUT2D eigenvalue weighted by Gasteiger charge is -2.27. The molecule has 1 aliphatic heterocycles. The molecule has 7 heteroatoms. The molecule has 0 atom stereocenters. The van der Waals surface area contributed by atoms with Crippen LogP contribution < -0.4 is 10.5 Å². The predicted octanol–water partition coefficient (Wildman–Crippen LogP) is 1.68. The number of hydrogen-bond donors (Lipinski definition) is 1. The number of aromatic amines is 1. The molecule has 0 amide bonds. The van der Waals surface area contributed by atoms with Gasteiger partial charge in [0.2, 0.25) is 11.6 Å². The fourth-order valence-electron chi connectivity index (χ4n) is 2.72. The first-order valence-electron chi connectivity index (χ1n) is 7.27. The standard InChI is InChI=1S/C15H16N6O/c1-3-4-10-21-11-12(17-14(16-2)19-13(11)22)18-15(21)20-8-6-5-7-9-20/h5-10H2,1H3,(H,17,19,22). The number of aromatic nitrogens is 4. The van der Waals surface area contributed by atoms with Crippen molar-refractivity contribution in [2.45, 2.75) is 32.7 Å². The van der Waals surface area contributed by atoms with Crippen molar-refractivity contribution in [3.8, 4) is 11.8 Å². The summed E-state index contributed by atoms with van der Waals surface area (Å²) in [7, 11) is 0. The molecule has 3 rings (SSSR count). The van der Waals surface area contributed by atoms with Crippen LogP contribution in [-0.2, 0) is 6.54 Å². The molecule has 7 nitrogen and oxygen atoms in total. The summed E-state index contributed by atoms with van der Waals surface area (Å²) in [5, 5.41) is 0. The van der Waals surface area contributed by atoms with Gasteiger partial charge in [0.25, 0.3) is 0 Å². The van der Waals surface area contributed by atoms with Gasteiger partial charge in [-0.3, -0.25) is 14.3 Å². The van der Waals surface area contributed by atoms with Gasteiger partial charge in [-0.15, -0.1) is 17.5 Å². The second kappa shape index (κ2) is 5.90. The van der Waals surface area contributed by atoms with E-state index in [1.165, 1.54) is 6.42 Å². The number of anilines is 1. The summed E-state index contributed by atoms with van der Waals surface area (Å²) in [6.07, 6.45) is 3.44. The van der Waals surface area contributed by atoms with E-state index in [0.717, 1.165) is 31.9 Å². The molecule has 0 unspecified atom stereocenters. The van der Waals surface area contributed by atoms with E-state index >= 15 is 0 Å². The molecule has 0 spiro atoms. The van der Waals surface area contributed by atoms with E-state index in [1.807, 2.05) is 0 Å². The molecule has 0 bridgehead atoms. The Morgan fingerprint density at radius 1 is 1.32 bits per heavy atom. The quantitative estimate of drug-likeness (QED) is 0.676. The van der Waals surface area contributed by atoms with Crippen LogP contribution in [-0.4, -0.2) is 32.6 Å². The Kier molecular flexibility index (Phi) is 3.80. The molecule has 0 aliphatic carbocycles. The van der Waals surface area contributed by atoms with E-state index in [-0.39, 0.29) is 11.5 Å². The van der Waals surface area contributed by atoms with Crippen molar-refractivity contribution in [2.24, 2.45) is 0 Å². The first-order chi connectivity index (χ1) is 10.7. The first kappa shape index (κ1) is 14.2. The van der Waals surface area contributed by atoms with E-state index in [2.05, 4.69) is 36.5 Å². The Bertz CT molecular complexity index is 854. The van der Waals surface area contributed by atoms with Gasteiger partial charge in [-0.1, -0.05) is 5.92 Å². The summed E-state index contributed by atoms with van der Waals surface area (Å²) in [6.45, 7) is 11.0. The molecule has 0 radical (unpaired) electrons. The van der Waals surface area contributed by atoms with Crippen LogP contribution in [0.3, 0.4) is 0 Å². The first-order valence-corrected chi connectivity index (χ1v) is 7.27. The van der Waals surface area contributed by atoms with Crippen LogP contribution in [0.25, 0.3) is 16.0 Å². The topological polar surface area (TPSA) is 71.2 Å². The molecule has 2 aromatic rings. The van der Waals surface area contributed by atoms with Crippen LogP contribution in [0.2, 0.25) is 0 Å². The molecule has 2 aromatic heterocycles. The summed E-state index contributed by atoms with van der Waals surface area (Å²) in [4.78, 5) is 28.7. The van der Waals surface area contributed by atoms with Crippen LogP contribution >= 0.6 is 0 Å². The molecule has 112 valence electrons. The van der Waals surface area contributed by atoms with Gasteiger partial charge in [-0.2, -0.15) is 4.98 Å². The second-order valence-corrected chi connectivity index (χ2v) is 5.15. The molecule has 3 heterocycles. The van der Waals surface area contributed by atoms with Crippen molar-refractivity contribution in [1.82, 2.24) is 19.5 Å². The molecule has 1 saturated heterocycles. The average Bonchev–Trinajstić information content (AvgIpc) is 2.92. The van der Waals surface area contributed by atoms with Gasteiger partial charge in [0.1, 0.15) is 0 Å². The Balaban J connectivity index is 2.20. The zero-order valence-electron chi connectivity index (χ0n) is 12.4. The zero-order valence-corrected chi connectivity index (χ0v) is 12.4. The smallest absolute Gasteiger partial charge is 0.341 e. The van der Waals surface area contributed by atoms with Crippen molar-refractivity contribution in [3.05, 3.63) is 21.8 Å². The summed E-state index contributed by atoms with van der Waals surface area (Å²) >= 11 is 0. The Morgan fingerprint density at radius 2 is 2.09 bits per heavy atom. The molecular weight excluding hydrogens is 280 g/mol. The lowest BCUT2D eigenvalue weighted by molar-refractivity contribution is 0.561.